The van der Waals surface area contributed by atoms with Crippen molar-refractivity contribution in [2.45, 2.75) is 131 Å². The van der Waals surface area contributed by atoms with Crippen LogP contribution in [0.5, 0.6) is 0 Å². The number of rotatable bonds is 17. The van der Waals surface area contributed by atoms with E-state index >= 15 is 0 Å². The van der Waals surface area contributed by atoms with E-state index in [1.165, 1.54) is 14.2 Å². The number of hydrogen-bond donors (Lipinski definition) is 2. The zero-order chi connectivity index (χ0) is 59.6. The first kappa shape index (κ1) is 65.5. The molecule has 1 aromatic heterocycles. The second-order valence-electron chi connectivity index (χ2n) is 20.2. The van der Waals surface area contributed by atoms with E-state index in [0.717, 1.165) is 53.8 Å². The highest BCUT2D eigenvalue weighted by Gasteiger charge is 2.55. The summed E-state index contributed by atoms with van der Waals surface area (Å²) in [5, 5.41) is 22.0. The number of carboxylic acid groups (broad SMARTS) is 1. The number of carbonyl (C=O) groups excluding carboxylic acids is 4. The van der Waals surface area contributed by atoms with Crippen LogP contribution in [0.25, 0.3) is 0 Å². The number of ether oxygens (including phenoxy) is 6. The fourth-order valence-electron chi connectivity index (χ4n) is 8.12. The van der Waals surface area contributed by atoms with Gasteiger partial charge in [0.1, 0.15) is 17.0 Å². The molecule has 440 valence electrons. The summed E-state index contributed by atoms with van der Waals surface area (Å²) in [6.45, 7) is 1.64. The SMILES string of the molecule is COC(=O)C1(O)CC1.COC(=O)C1(OCc2cc(Cl)ccc2Cl)CC1.O=C(Cl)C1(OCc2cc(Cl)ccc2Cl)CC1.O=C(N1CCCc2cccnc21)C1(OCc2cc(Cl)ccc2Cl)CC1.O=C(O)C1(OCc2cc(Cl)ccc2Cl)CC1. The van der Waals surface area contributed by atoms with Gasteiger partial charge in [-0.15, -0.1) is 0 Å². The van der Waals surface area contributed by atoms with Crippen LogP contribution in [-0.4, -0.2) is 93.0 Å². The van der Waals surface area contributed by atoms with Crippen molar-refractivity contribution in [3.05, 3.63) is 159 Å². The molecule has 24 heteroatoms. The number of amides is 1. The molecule has 6 aliphatic rings. The Morgan fingerprint density at radius 2 is 0.902 bits per heavy atom. The smallest absolute Gasteiger partial charge is 0.338 e. The number of esters is 2. The van der Waals surface area contributed by atoms with E-state index in [2.05, 4.69) is 9.72 Å². The van der Waals surface area contributed by atoms with Crippen molar-refractivity contribution in [3.63, 3.8) is 0 Å². The van der Waals surface area contributed by atoms with Crippen LogP contribution in [0.3, 0.4) is 0 Å². The summed E-state index contributed by atoms with van der Waals surface area (Å²) >= 11 is 53.1. The third kappa shape index (κ3) is 17.6. The molecule has 15 nitrogen and oxygen atoms in total. The maximum atomic E-state index is 13.1. The number of pyridine rings is 1. The van der Waals surface area contributed by atoms with Crippen molar-refractivity contribution < 1.29 is 62.6 Å². The average Bonchev–Trinajstić information content (AvgIpc) is 4.18. The van der Waals surface area contributed by atoms with Crippen LogP contribution >= 0.6 is 104 Å². The molecule has 0 spiro atoms. The highest BCUT2D eigenvalue weighted by molar-refractivity contribution is 6.66. The Hall–Kier alpha value is -4.01. The molecular formula is C58H57Cl9N2O13. The van der Waals surface area contributed by atoms with E-state index < -0.39 is 45.2 Å². The van der Waals surface area contributed by atoms with Crippen LogP contribution in [0, 0.1) is 0 Å². The number of methoxy groups -OCH3 is 2. The molecule has 2 heterocycles. The van der Waals surface area contributed by atoms with Crippen molar-refractivity contribution in [2.75, 3.05) is 25.7 Å². The Balaban J connectivity index is 0.000000153. The van der Waals surface area contributed by atoms with Crippen molar-refractivity contribution in [3.8, 4) is 0 Å². The Bertz CT molecular complexity index is 3060. The number of carboxylic acids is 1. The molecule has 11 rings (SSSR count). The summed E-state index contributed by atoms with van der Waals surface area (Å²) in [6, 6.07) is 24.5. The van der Waals surface area contributed by atoms with Crippen LogP contribution in [0.1, 0.15) is 98.4 Å². The van der Waals surface area contributed by atoms with E-state index in [1.54, 1.807) is 83.9 Å². The molecular weight excluding hydrogens is 1250 g/mol. The molecule has 0 radical (unpaired) electrons. The van der Waals surface area contributed by atoms with Crippen molar-refractivity contribution in [1.29, 1.82) is 0 Å². The number of aromatic nitrogens is 1. The van der Waals surface area contributed by atoms with Gasteiger partial charge in [0.2, 0.25) is 0 Å². The molecule has 0 unspecified atom stereocenters. The first-order valence-electron chi connectivity index (χ1n) is 25.8. The Morgan fingerprint density at radius 1 is 0.524 bits per heavy atom. The van der Waals surface area contributed by atoms with Gasteiger partial charge >= 0.3 is 17.9 Å². The minimum Gasteiger partial charge on any atom is -0.479 e. The van der Waals surface area contributed by atoms with Gasteiger partial charge in [0.05, 0.1) is 40.6 Å². The number of aliphatic carboxylic acids is 1. The lowest BCUT2D eigenvalue weighted by molar-refractivity contribution is -0.158. The Labute approximate surface area is 519 Å². The third-order valence-electron chi connectivity index (χ3n) is 14.0. The third-order valence-corrected chi connectivity index (χ3v) is 16.8. The molecule has 1 aliphatic heterocycles. The number of nitrogens with zero attached hydrogens (tertiary/aromatic N) is 2. The predicted molar refractivity (Wildman–Crippen MR) is 314 cm³/mol. The highest BCUT2D eigenvalue weighted by atomic mass is 35.5. The zero-order valence-electron chi connectivity index (χ0n) is 44.4. The molecule has 0 bridgehead atoms. The lowest BCUT2D eigenvalue weighted by Crippen LogP contribution is -2.45. The van der Waals surface area contributed by atoms with Crippen molar-refractivity contribution in [2.24, 2.45) is 0 Å². The highest BCUT2D eigenvalue weighted by Crippen LogP contribution is 2.46. The van der Waals surface area contributed by atoms with Crippen LogP contribution < -0.4 is 4.90 Å². The number of halogens is 9. The zero-order valence-corrected chi connectivity index (χ0v) is 51.2. The molecule has 1 amide bonds. The van der Waals surface area contributed by atoms with Gasteiger partial charge in [0.25, 0.3) is 11.1 Å². The summed E-state index contributed by atoms with van der Waals surface area (Å²) in [4.78, 5) is 63.2. The maximum Gasteiger partial charge on any atom is 0.338 e. The van der Waals surface area contributed by atoms with Crippen LogP contribution in [0.4, 0.5) is 5.82 Å². The van der Waals surface area contributed by atoms with Gasteiger partial charge in [0, 0.05) is 52.9 Å². The molecule has 4 aromatic carbocycles. The second kappa shape index (κ2) is 28.5. The lowest BCUT2D eigenvalue weighted by atomic mass is 10.0. The number of benzene rings is 4. The van der Waals surface area contributed by atoms with Crippen LogP contribution in [0.2, 0.25) is 40.2 Å². The summed E-state index contributed by atoms with van der Waals surface area (Å²) in [6.07, 6.45) is 10.0. The summed E-state index contributed by atoms with van der Waals surface area (Å²) < 4.78 is 31.5. The fourth-order valence-corrected chi connectivity index (χ4v) is 9.83. The van der Waals surface area contributed by atoms with Crippen LogP contribution in [-0.2, 0) is 85.2 Å². The Morgan fingerprint density at radius 3 is 1.24 bits per heavy atom. The monoisotopic (exact) mass is 1300 g/mol. The van der Waals surface area contributed by atoms with E-state index in [0.29, 0.717) is 104 Å². The van der Waals surface area contributed by atoms with Gasteiger partial charge in [-0.05, 0) is 195 Å². The number of aliphatic hydroxyl groups is 1. The molecule has 2 N–H and O–H groups in total. The molecule has 5 saturated carbocycles. The topological polar surface area (TPSA) is 197 Å². The van der Waals surface area contributed by atoms with Gasteiger partial charge < -0.3 is 38.6 Å². The van der Waals surface area contributed by atoms with Crippen molar-refractivity contribution in [1.82, 2.24) is 4.98 Å². The van der Waals surface area contributed by atoms with Gasteiger partial charge in [-0.3, -0.25) is 14.5 Å². The standard InChI is InChI=1S/C19H18Cl2N2O2.C12H12Cl2O3.C11H9Cl3O2.C11H10Cl2O3.C5H8O3/c20-15-5-6-16(21)14(11-15)12-25-19(7-8-19)18(24)23-10-2-4-13-3-1-9-22-17(13)23;1-16-11(15)12(4-5-12)17-7-8-6-9(13)2-3-10(8)14;2*12-8-1-2-9(13)7(5-8)6-16-11(3-4-11)10(14)15;1-8-4(6)5(7)2-3-5/h1,3,5-6,9,11H,2,4,7-8,10,12H2;2-3,6H,4-5,7H2,1H3;1-2,5H,3-4,6H2;1-2,5H,3-4,6H2,(H,14,15);7H,2-3H2,1H3. The van der Waals surface area contributed by atoms with Gasteiger partial charge in [-0.2, -0.15) is 0 Å². The van der Waals surface area contributed by atoms with Gasteiger partial charge in [-0.1, -0.05) is 98.9 Å². The summed E-state index contributed by atoms with van der Waals surface area (Å²) in [5.74, 6) is -0.960. The second-order valence-corrected chi connectivity index (χ2v) is 23.9. The first-order chi connectivity index (χ1) is 38.9. The average molecular weight is 1310 g/mol. The number of fused-ring (bicyclic) bond motifs is 1. The minimum atomic E-state index is -1.10. The van der Waals surface area contributed by atoms with E-state index in [4.69, 9.17) is 138 Å². The number of aryl methyl sites for hydroxylation is 1. The Kier molecular flexibility index (Phi) is 22.7. The lowest BCUT2D eigenvalue weighted by Gasteiger charge is -2.31. The number of carbonyl (C=O) groups is 5. The molecule has 5 aromatic rings. The quantitative estimate of drug-likeness (QED) is 0.0658. The maximum absolute atomic E-state index is 13.1. The van der Waals surface area contributed by atoms with Crippen molar-refractivity contribution >= 4 is 139 Å². The molecule has 5 fully saturated rings. The molecule has 0 atom stereocenters. The number of anilines is 1. The van der Waals surface area contributed by atoms with E-state index in [-0.39, 0.29) is 38.3 Å². The largest absolute Gasteiger partial charge is 0.479 e. The van der Waals surface area contributed by atoms with E-state index in [1.807, 2.05) is 12.1 Å². The minimum absolute atomic E-state index is 0.00491. The first-order valence-corrected chi connectivity index (χ1v) is 29.2. The van der Waals surface area contributed by atoms with E-state index in [9.17, 15) is 24.0 Å². The molecule has 82 heavy (non-hydrogen) atoms. The predicted octanol–water partition coefficient (Wildman–Crippen LogP) is 14.3. The molecule has 5 aliphatic carbocycles. The number of hydrogen-bond acceptors (Lipinski definition) is 13. The normalized spacial score (nSPS) is 17.8. The summed E-state index contributed by atoms with van der Waals surface area (Å²) in [5.41, 5.74) is -0.234. The van der Waals surface area contributed by atoms with Crippen LogP contribution in [0.15, 0.2) is 91.1 Å². The molecule has 0 saturated heterocycles. The van der Waals surface area contributed by atoms with Gasteiger partial charge in [-0.25, -0.2) is 19.4 Å². The fraction of sp³-hybridized carbons (Fsp3) is 0.414. The van der Waals surface area contributed by atoms with Gasteiger partial charge in [0.15, 0.2) is 16.8 Å². The summed E-state index contributed by atoms with van der Waals surface area (Å²) in [7, 11) is 2.64.